The van der Waals surface area contributed by atoms with Crippen LogP contribution in [0.25, 0.3) is 0 Å². The van der Waals surface area contributed by atoms with Crippen LogP contribution in [0.2, 0.25) is 5.02 Å². The van der Waals surface area contributed by atoms with E-state index < -0.39 is 0 Å². The lowest BCUT2D eigenvalue weighted by atomic mass is 10.1. The zero-order valence-corrected chi connectivity index (χ0v) is 12.2. The Kier molecular flexibility index (Phi) is 4.00. The van der Waals surface area contributed by atoms with Crippen LogP contribution in [0, 0.1) is 0 Å². The van der Waals surface area contributed by atoms with E-state index in [2.05, 4.69) is 15.6 Å². The predicted molar refractivity (Wildman–Crippen MR) is 81.3 cm³/mol. The van der Waals surface area contributed by atoms with Crippen molar-refractivity contribution >= 4 is 34.5 Å². The minimum Gasteiger partial charge on any atom is -0.305 e. The van der Waals surface area contributed by atoms with Crippen LogP contribution in [0.15, 0.2) is 30.5 Å². The summed E-state index contributed by atoms with van der Waals surface area (Å²) in [6, 6.07) is 8.39. The summed E-state index contributed by atoms with van der Waals surface area (Å²) >= 11 is 7.78. The van der Waals surface area contributed by atoms with Crippen LogP contribution in [-0.2, 0) is 4.79 Å². The highest BCUT2D eigenvalue weighted by atomic mass is 35.5. The summed E-state index contributed by atoms with van der Waals surface area (Å²) in [5, 5.41) is 7.51. The van der Waals surface area contributed by atoms with Crippen molar-refractivity contribution in [3.63, 3.8) is 0 Å². The monoisotopic (exact) mass is 307 g/mol. The Labute approximate surface area is 126 Å². The van der Waals surface area contributed by atoms with E-state index in [4.69, 9.17) is 11.6 Å². The highest BCUT2D eigenvalue weighted by Gasteiger charge is 2.28. The Hall–Kier alpha value is -1.43. The fourth-order valence-electron chi connectivity index (χ4n) is 2.06. The van der Waals surface area contributed by atoms with Crippen molar-refractivity contribution in [3.8, 4) is 0 Å². The molecule has 1 aromatic heterocycles. The minimum atomic E-state index is 0.0240. The molecule has 1 amide bonds. The van der Waals surface area contributed by atoms with Gasteiger partial charge in [-0.25, -0.2) is 4.98 Å². The van der Waals surface area contributed by atoms with Crippen LogP contribution in [0.5, 0.6) is 0 Å². The predicted octanol–water partition coefficient (Wildman–Crippen LogP) is 3.21. The summed E-state index contributed by atoms with van der Waals surface area (Å²) in [5.74, 6) is 0. The number of aromatic nitrogens is 1. The Balaban J connectivity index is 1.92. The molecule has 3 rings (SSSR count). The highest BCUT2D eigenvalue weighted by Crippen LogP contribution is 2.35. The van der Waals surface area contributed by atoms with E-state index in [1.165, 1.54) is 24.2 Å². The molecule has 0 bridgehead atoms. The molecule has 0 saturated heterocycles. The fraction of sp³-hybridized carbons (Fsp3) is 0.286. The quantitative estimate of drug-likeness (QED) is 0.806. The summed E-state index contributed by atoms with van der Waals surface area (Å²) in [5.41, 5.74) is 1.04. The van der Waals surface area contributed by atoms with Gasteiger partial charge in [-0.2, -0.15) is 0 Å². The third-order valence-corrected chi connectivity index (χ3v) is 4.52. The van der Waals surface area contributed by atoms with E-state index in [0.717, 1.165) is 15.5 Å². The van der Waals surface area contributed by atoms with Crippen molar-refractivity contribution < 1.29 is 4.79 Å². The average Bonchev–Trinajstić information content (AvgIpc) is 3.15. The second kappa shape index (κ2) is 5.91. The van der Waals surface area contributed by atoms with Crippen molar-refractivity contribution in [2.24, 2.45) is 0 Å². The number of benzene rings is 1. The Morgan fingerprint density at radius 1 is 1.40 bits per heavy atom. The topological polar surface area (TPSA) is 54.0 Å². The smallest absolute Gasteiger partial charge is 0.213 e. The van der Waals surface area contributed by atoms with E-state index in [0.29, 0.717) is 17.6 Å². The van der Waals surface area contributed by atoms with Gasteiger partial charge in [0.05, 0.1) is 6.04 Å². The van der Waals surface area contributed by atoms with Gasteiger partial charge in [0.1, 0.15) is 0 Å². The second-order valence-electron chi connectivity index (χ2n) is 4.73. The van der Waals surface area contributed by atoms with E-state index in [1.54, 1.807) is 6.20 Å². The van der Waals surface area contributed by atoms with Gasteiger partial charge in [-0.05, 0) is 24.5 Å². The lowest BCUT2D eigenvalue weighted by molar-refractivity contribution is -0.105. The van der Waals surface area contributed by atoms with Gasteiger partial charge in [0.25, 0.3) is 0 Å². The van der Waals surface area contributed by atoms with Crippen LogP contribution in [0.3, 0.4) is 0 Å². The number of carbonyl (C=O) groups excluding carboxylic acids is 1. The number of nitrogens with one attached hydrogen (secondary N) is 2. The summed E-state index contributed by atoms with van der Waals surface area (Å²) in [7, 11) is 0. The fourth-order valence-corrected chi connectivity index (χ4v) is 3.16. The average molecular weight is 308 g/mol. The summed E-state index contributed by atoms with van der Waals surface area (Å²) in [6.07, 6.45) is 4.82. The van der Waals surface area contributed by atoms with E-state index in [9.17, 15) is 4.79 Å². The number of rotatable bonds is 6. The molecule has 0 radical (unpaired) electrons. The third kappa shape index (κ3) is 3.00. The van der Waals surface area contributed by atoms with Gasteiger partial charge in [-0.15, -0.1) is 0 Å². The standard InChI is InChI=1S/C14H14ClN3OS/c15-11-4-2-1-3-10(11)13(18-9-5-6-9)12-7-16-14(20-12)17-8-19/h1-4,7-9,13,18H,5-6H2,(H,16,17,19). The minimum absolute atomic E-state index is 0.0240. The molecule has 1 aliphatic rings. The molecule has 20 heavy (non-hydrogen) atoms. The van der Waals surface area contributed by atoms with Crippen molar-refractivity contribution in [2.45, 2.75) is 24.9 Å². The number of anilines is 1. The molecule has 4 nitrogen and oxygen atoms in total. The van der Waals surface area contributed by atoms with E-state index in [-0.39, 0.29) is 6.04 Å². The molecular weight excluding hydrogens is 294 g/mol. The van der Waals surface area contributed by atoms with Crippen LogP contribution in [-0.4, -0.2) is 17.4 Å². The van der Waals surface area contributed by atoms with E-state index in [1.807, 2.05) is 24.3 Å². The number of amides is 1. The maximum Gasteiger partial charge on any atom is 0.213 e. The van der Waals surface area contributed by atoms with Gasteiger partial charge in [-0.1, -0.05) is 41.1 Å². The number of nitrogens with zero attached hydrogens (tertiary/aromatic N) is 1. The van der Waals surface area contributed by atoms with Crippen LogP contribution in [0.1, 0.15) is 29.3 Å². The molecule has 1 atom stereocenters. The SMILES string of the molecule is O=CNc1ncc(C(NC2CC2)c2ccccc2Cl)s1. The number of hydrogen-bond donors (Lipinski definition) is 2. The van der Waals surface area contributed by atoms with Crippen molar-refractivity contribution in [1.29, 1.82) is 0 Å². The lowest BCUT2D eigenvalue weighted by Crippen LogP contribution is -2.23. The third-order valence-electron chi connectivity index (χ3n) is 3.19. The normalized spacial score (nSPS) is 15.8. The molecule has 1 fully saturated rings. The molecule has 1 aromatic carbocycles. The van der Waals surface area contributed by atoms with Gasteiger partial charge in [0.15, 0.2) is 5.13 Å². The number of halogens is 1. The Morgan fingerprint density at radius 3 is 2.90 bits per heavy atom. The molecule has 0 aliphatic heterocycles. The van der Waals surface area contributed by atoms with Crippen LogP contribution >= 0.6 is 22.9 Å². The molecular formula is C14H14ClN3OS. The second-order valence-corrected chi connectivity index (χ2v) is 6.19. The lowest BCUT2D eigenvalue weighted by Gasteiger charge is -2.18. The number of carbonyl (C=O) groups is 1. The summed E-state index contributed by atoms with van der Waals surface area (Å²) in [4.78, 5) is 15.7. The molecule has 1 saturated carbocycles. The van der Waals surface area contributed by atoms with Gasteiger partial charge >= 0.3 is 0 Å². The van der Waals surface area contributed by atoms with Crippen molar-refractivity contribution in [3.05, 3.63) is 45.9 Å². The Morgan fingerprint density at radius 2 is 2.20 bits per heavy atom. The molecule has 1 aliphatic carbocycles. The number of thiazole rings is 1. The molecule has 104 valence electrons. The number of hydrogen-bond acceptors (Lipinski definition) is 4. The first-order chi connectivity index (χ1) is 9.78. The van der Waals surface area contributed by atoms with Gasteiger partial charge in [0, 0.05) is 22.1 Å². The van der Waals surface area contributed by atoms with Crippen LogP contribution in [0.4, 0.5) is 5.13 Å². The van der Waals surface area contributed by atoms with Gasteiger partial charge in [0.2, 0.25) is 6.41 Å². The molecule has 1 heterocycles. The summed E-state index contributed by atoms with van der Waals surface area (Å²) < 4.78 is 0. The van der Waals surface area contributed by atoms with Crippen LogP contribution < -0.4 is 10.6 Å². The zero-order chi connectivity index (χ0) is 13.9. The molecule has 2 N–H and O–H groups in total. The first-order valence-electron chi connectivity index (χ1n) is 6.44. The molecule has 2 aromatic rings. The highest BCUT2D eigenvalue weighted by molar-refractivity contribution is 7.15. The maximum absolute atomic E-state index is 10.5. The molecule has 0 spiro atoms. The molecule has 1 unspecified atom stereocenters. The first-order valence-corrected chi connectivity index (χ1v) is 7.64. The zero-order valence-electron chi connectivity index (χ0n) is 10.7. The summed E-state index contributed by atoms with van der Waals surface area (Å²) in [6.45, 7) is 0. The first kappa shape index (κ1) is 13.5. The largest absolute Gasteiger partial charge is 0.305 e. The Bertz CT molecular complexity index is 612. The van der Waals surface area contributed by atoms with Gasteiger partial charge in [-0.3, -0.25) is 4.79 Å². The van der Waals surface area contributed by atoms with Crippen molar-refractivity contribution in [1.82, 2.24) is 10.3 Å². The maximum atomic E-state index is 10.5. The van der Waals surface area contributed by atoms with Gasteiger partial charge < -0.3 is 10.6 Å². The van der Waals surface area contributed by atoms with Crippen molar-refractivity contribution in [2.75, 3.05) is 5.32 Å². The molecule has 6 heteroatoms. The van der Waals surface area contributed by atoms with E-state index >= 15 is 0 Å².